The second-order valence-electron chi connectivity index (χ2n) is 4.99. The number of carbonyl (C=O) groups excluding carboxylic acids is 1. The molecule has 2 rings (SSSR count). The summed E-state index contributed by atoms with van der Waals surface area (Å²) in [5.74, 6) is 0.183. The van der Waals surface area contributed by atoms with E-state index in [0.717, 1.165) is 13.0 Å². The molecular weight excluding hydrogens is 212 g/mol. The second kappa shape index (κ2) is 4.88. The van der Waals surface area contributed by atoms with Crippen LogP contribution in [0.5, 0.6) is 0 Å². The molecule has 0 radical (unpaired) electrons. The van der Waals surface area contributed by atoms with Gasteiger partial charge in [-0.25, -0.2) is 0 Å². The van der Waals surface area contributed by atoms with E-state index < -0.39 is 0 Å². The quantitative estimate of drug-likeness (QED) is 0.833. The molecule has 1 unspecified atom stereocenters. The number of piperazine rings is 1. The van der Waals surface area contributed by atoms with Gasteiger partial charge in [0.25, 0.3) is 0 Å². The molecule has 3 heteroatoms. The van der Waals surface area contributed by atoms with Crippen LogP contribution in [-0.4, -0.2) is 37.0 Å². The molecule has 1 saturated heterocycles. The van der Waals surface area contributed by atoms with Crippen molar-refractivity contribution in [3.63, 3.8) is 0 Å². The van der Waals surface area contributed by atoms with Gasteiger partial charge in [0.15, 0.2) is 0 Å². The van der Waals surface area contributed by atoms with Crippen LogP contribution in [-0.2, 0) is 11.2 Å². The third kappa shape index (κ3) is 2.86. The number of hydrogen-bond acceptors (Lipinski definition) is 2. The molecule has 1 heterocycles. The molecule has 17 heavy (non-hydrogen) atoms. The highest BCUT2D eigenvalue weighted by Gasteiger charge is 2.22. The molecule has 1 N–H and O–H groups in total. The first-order valence-corrected chi connectivity index (χ1v) is 6.10. The van der Waals surface area contributed by atoms with Gasteiger partial charge >= 0.3 is 0 Å². The molecule has 0 spiro atoms. The van der Waals surface area contributed by atoms with E-state index in [1.165, 1.54) is 16.7 Å². The summed E-state index contributed by atoms with van der Waals surface area (Å²) in [6.07, 6.45) is 0.991. The van der Waals surface area contributed by atoms with Gasteiger partial charge in [-0.15, -0.1) is 0 Å². The second-order valence-corrected chi connectivity index (χ2v) is 4.99. The van der Waals surface area contributed by atoms with Gasteiger partial charge in [0.05, 0.1) is 6.54 Å². The molecule has 0 saturated carbocycles. The van der Waals surface area contributed by atoms with E-state index >= 15 is 0 Å². The van der Waals surface area contributed by atoms with E-state index in [2.05, 4.69) is 37.4 Å². The molecule has 1 aliphatic rings. The number of aryl methyl sites for hydroxylation is 2. The standard InChI is InChI=1S/C14H20N2O/c1-10-4-5-11(2)12(6-10)7-13-9-16(3)14(17)8-15-13/h4-6,13,15H,7-9H2,1-3H3. The first kappa shape index (κ1) is 12.1. The average molecular weight is 232 g/mol. The van der Waals surface area contributed by atoms with Crippen molar-refractivity contribution >= 4 is 5.91 Å². The van der Waals surface area contributed by atoms with Gasteiger partial charge in [-0.05, 0) is 31.4 Å². The van der Waals surface area contributed by atoms with E-state index in [9.17, 15) is 4.79 Å². The maximum absolute atomic E-state index is 11.4. The molecular formula is C14H20N2O. The van der Waals surface area contributed by atoms with Crippen LogP contribution in [0, 0.1) is 13.8 Å². The predicted molar refractivity (Wildman–Crippen MR) is 69.0 cm³/mol. The molecule has 1 aliphatic heterocycles. The van der Waals surface area contributed by atoms with Gasteiger partial charge < -0.3 is 10.2 Å². The maximum atomic E-state index is 11.4. The molecule has 0 bridgehead atoms. The summed E-state index contributed by atoms with van der Waals surface area (Å²) in [5, 5.41) is 3.30. The van der Waals surface area contributed by atoms with Gasteiger partial charge in [-0.2, -0.15) is 0 Å². The lowest BCUT2D eigenvalue weighted by Gasteiger charge is -2.31. The SMILES string of the molecule is Cc1ccc(C)c(CC2CN(C)C(=O)CN2)c1. The Morgan fingerprint density at radius 3 is 2.88 bits per heavy atom. The predicted octanol–water partition coefficient (Wildman–Crippen LogP) is 1.28. The maximum Gasteiger partial charge on any atom is 0.236 e. The molecule has 1 fully saturated rings. The summed E-state index contributed by atoms with van der Waals surface area (Å²) in [6, 6.07) is 6.93. The monoisotopic (exact) mass is 232 g/mol. The van der Waals surface area contributed by atoms with Gasteiger partial charge in [0, 0.05) is 19.6 Å². The van der Waals surface area contributed by atoms with Crippen molar-refractivity contribution in [1.29, 1.82) is 0 Å². The molecule has 1 atom stereocenters. The number of nitrogens with zero attached hydrogens (tertiary/aromatic N) is 1. The Kier molecular flexibility index (Phi) is 3.48. The molecule has 1 aromatic carbocycles. The Morgan fingerprint density at radius 2 is 2.18 bits per heavy atom. The van der Waals surface area contributed by atoms with E-state index in [1.54, 1.807) is 0 Å². The van der Waals surface area contributed by atoms with Crippen LogP contribution in [0.4, 0.5) is 0 Å². The average Bonchev–Trinajstić information content (AvgIpc) is 2.29. The van der Waals surface area contributed by atoms with Crippen LogP contribution in [0.25, 0.3) is 0 Å². The molecule has 3 nitrogen and oxygen atoms in total. The summed E-state index contributed by atoms with van der Waals surface area (Å²) < 4.78 is 0. The summed E-state index contributed by atoms with van der Waals surface area (Å²) >= 11 is 0. The highest BCUT2D eigenvalue weighted by Crippen LogP contribution is 2.14. The van der Waals surface area contributed by atoms with Gasteiger partial charge in [0.2, 0.25) is 5.91 Å². The Hall–Kier alpha value is -1.35. The Morgan fingerprint density at radius 1 is 1.41 bits per heavy atom. The van der Waals surface area contributed by atoms with Gasteiger partial charge in [-0.1, -0.05) is 23.8 Å². The van der Waals surface area contributed by atoms with Crippen molar-refractivity contribution in [2.75, 3.05) is 20.1 Å². The number of hydrogen-bond donors (Lipinski definition) is 1. The van der Waals surface area contributed by atoms with Crippen molar-refractivity contribution < 1.29 is 4.79 Å². The van der Waals surface area contributed by atoms with Crippen molar-refractivity contribution in [1.82, 2.24) is 10.2 Å². The van der Waals surface area contributed by atoms with Crippen molar-refractivity contribution in [3.8, 4) is 0 Å². The minimum absolute atomic E-state index is 0.183. The smallest absolute Gasteiger partial charge is 0.236 e. The van der Waals surface area contributed by atoms with E-state index in [4.69, 9.17) is 0 Å². The van der Waals surface area contributed by atoms with Crippen LogP contribution in [0.1, 0.15) is 16.7 Å². The fraction of sp³-hybridized carbons (Fsp3) is 0.500. The third-order valence-corrected chi connectivity index (χ3v) is 3.43. The number of rotatable bonds is 2. The van der Waals surface area contributed by atoms with Crippen LogP contribution in [0.15, 0.2) is 18.2 Å². The van der Waals surface area contributed by atoms with E-state index in [1.807, 2.05) is 11.9 Å². The number of benzene rings is 1. The summed E-state index contributed by atoms with van der Waals surface area (Å²) in [5.41, 5.74) is 4.01. The highest BCUT2D eigenvalue weighted by molar-refractivity contribution is 5.78. The zero-order valence-electron chi connectivity index (χ0n) is 10.8. The molecule has 1 aromatic rings. The van der Waals surface area contributed by atoms with Crippen molar-refractivity contribution in [2.45, 2.75) is 26.3 Å². The summed E-state index contributed by atoms with van der Waals surface area (Å²) in [6.45, 7) is 5.53. The number of nitrogens with one attached hydrogen (secondary N) is 1. The lowest BCUT2D eigenvalue weighted by Crippen LogP contribution is -2.53. The van der Waals surface area contributed by atoms with E-state index in [-0.39, 0.29) is 5.91 Å². The van der Waals surface area contributed by atoms with Crippen molar-refractivity contribution in [2.24, 2.45) is 0 Å². The number of likely N-dealkylation sites (N-methyl/N-ethyl adjacent to an activating group) is 1. The fourth-order valence-electron chi connectivity index (χ4n) is 2.29. The van der Waals surface area contributed by atoms with Crippen LogP contribution in [0.2, 0.25) is 0 Å². The van der Waals surface area contributed by atoms with E-state index in [0.29, 0.717) is 12.6 Å². The zero-order valence-corrected chi connectivity index (χ0v) is 10.8. The minimum atomic E-state index is 0.183. The lowest BCUT2D eigenvalue weighted by atomic mass is 9.98. The van der Waals surface area contributed by atoms with Crippen LogP contribution in [0.3, 0.4) is 0 Å². The fourth-order valence-corrected chi connectivity index (χ4v) is 2.29. The minimum Gasteiger partial charge on any atom is -0.343 e. The topological polar surface area (TPSA) is 32.3 Å². The summed E-state index contributed by atoms with van der Waals surface area (Å²) in [4.78, 5) is 13.2. The molecule has 92 valence electrons. The van der Waals surface area contributed by atoms with Crippen molar-refractivity contribution in [3.05, 3.63) is 34.9 Å². The Balaban J connectivity index is 2.06. The summed E-state index contributed by atoms with van der Waals surface area (Å²) in [7, 11) is 1.87. The largest absolute Gasteiger partial charge is 0.343 e. The lowest BCUT2D eigenvalue weighted by molar-refractivity contribution is -0.131. The third-order valence-electron chi connectivity index (χ3n) is 3.43. The Bertz CT molecular complexity index is 428. The number of amides is 1. The van der Waals surface area contributed by atoms with Crippen LogP contribution < -0.4 is 5.32 Å². The van der Waals surface area contributed by atoms with Gasteiger partial charge in [-0.3, -0.25) is 4.79 Å². The number of carbonyl (C=O) groups is 1. The molecule has 0 aromatic heterocycles. The Labute approximate surface area is 103 Å². The highest BCUT2D eigenvalue weighted by atomic mass is 16.2. The normalized spacial score (nSPS) is 20.8. The first-order chi connectivity index (χ1) is 8.06. The first-order valence-electron chi connectivity index (χ1n) is 6.10. The zero-order chi connectivity index (χ0) is 12.4. The van der Waals surface area contributed by atoms with Gasteiger partial charge in [0.1, 0.15) is 0 Å². The molecule has 1 amide bonds. The van der Waals surface area contributed by atoms with Crippen LogP contribution >= 0.6 is 0 Å². The molecule has 0 aliphatic carbocycles.